The van der Waals surface area contributed by atoms with Gasteiger partial charge >= 0.3 is 0 Å². The molecule has 1 atom stereocenters. The van der Waals surface area contributed by atoms with Crippen LogP contribution in [-0.2, 0) is 4.79 Å². The summed E-state index contributed by atoms with van der Waals surface area (Å²) in [4.78, 5) is 16.6. The summed E-state index contributed by atoms with van der Waals surface area (Å²) in [5, 5.41) is 3.06. The lowest BCUT2D eigenvalue weighted by Gasteiger charge is -2.50. The van der Waals surface area contributed by atoms with Crippen LogP contribution < -0.4 is 11.1 Å². The Morgan fingerprint density at radius 3 is 2.40 bits per heavy atom. The second-order valence-corrected chi connectivity index (χ2v) is 6.82. The molecule has 5 heteroatoms. The average Bonchev–Trinajstić information content (AvgIpc) is 3.13. The van der Waals surface area contributed by atoms with Gasteiger partial charge in [-0.2, -0.15) is 0 Å². The lowest BCUT2D eigenvalue weighted by Crippen LogP contribution is -2.59. The number of carbonyl (C=O) groups is 1. The lowest BCUT2D eigenvalue weighted by molar-refractivity contribution is -0.122. The quantitative estimate of drug-likeness (QED) is 0.676. The number of amides is 1. The van der Waals surface area contributed by atoms with Crippen molar-refractivity contribution in [2.45, 2.75) is 56.1 Å². The maximum absolute atomic E-state index is 11.9. The maximum atomic E-state index is 11.9. The molecule has 2 rings (SSSR count). The van der Waals surface area contributed by atoms with Crippen molar-refractivity contribution in [2.24, 2.45) is 5.73 Å². The minimum atomic E-state index is 0.145. The van der Waals surface area contributed by atoms with Gasteiger partial charge in [0.2, 0.25) is 5.91 Å². The molecular weight excluding hydrogens is 252 g/mol. The van der Waals surface area contributed by atoms with E-state index in [4.69, 9.17) is 5.73 Å². The fraction of sp³-hybridized carbons (Fsp3) is 0.933. The van der Waals surface area contributed by atoms with Gasteiger partial charge in [0, 0.05) is 37.1 Å². The van der Waals surface area contributed by atoms with E-state index < -0.39 is 0 Å². The zero-order valence-corrected chi connectivity index (χ0v) is 13.2. The fourth-order valence-corrected chi connectivity index (χ4v) is 3.07. The average molecular weight is 282 g/mol. The van der Waals surface area contributed by atoms with Crippen molar-refractivity contribution in [1.29, 1.82) is 0 Å². The lowest BCUT2D eigenvalue weighted by atomic mass is 9.75. The van der Waals surface area contributed by atoms with Gasteiger partial charge in [0.25, 0.3) is 0 Å². The molecule has 0 aliphatic heterocycles. The van der Waals surface area contributed by atoms with Crippen LogP contribution in [0.3, 0.4) is 0 Å². The molecule has 0 aromatic heterocycles. The second kappa shape index (κ2) is 6.41. The highest BCUT2D eigenvalue weighted by Crippen LogP contribution is 2.37. The molecule has 2 saturated carbocycles. The number of nitrogens with two attached hydrogens (primary N) is 1. The van der Waals surface area contributed by atoms with Crippen LogP contribution in [0.2, 0.25) is 0 Å². The third-order valence-corrected chi connectivity index (χ3v) is 5.04. The Bertz CT molecular complexity index is 337. The molecule has 0 heterocycles. The molecule has 0 spiro atoms. The smallest absolute Gasteiger partial charge is 0.221 e. The van der Waals surface area contributed by atoms with Gasteiger partial charge in [0.05, 0.1) is 0 Å². The highest BCUT2D eigenvalue weighted by molar-refractivity contribution is 5.77. The number of likely N-dealkylation sites (N-methyl/N-ethyl adjacent to an activating group) is 2. The van der Waals surface area contributed by atoms with Gasteiger partial charge in [-0.25, -0.2) is 0 Å². The van der Waals surface area contributed by atoms with Gasteiger partial charge in [0.1, 0.15) is 0 Å². The SMILES string of the molecule is CN(CC1(N(C)C)CCC1)C(CN)CC(=O)NC1CC1. The number of hydrogen-bond acceptors (Lipinski definition) is 4. The summed E-state index contributed by atoms with van der Waals surface area (Å²) in [5.41, 5.74) is 6.17. The molecule has 0 aromatic rings. The van der Waals surface area contributed by atoms with Crippen LogP contribution in [-0.4, -0.2) is 67.6 Å². The summed E-state index contributed by atoms with van der Waals surface area (Å²) in [6.45, 7) is 1.54. The minimum absolute atomic E-state index is 0.145. The van der Waals surface area contributed by atoms with E-state index in [-0.39, 0.29) is 17.5 Å². The standard InChI is InChI=1S/C15H30N4O/c1-18(2)15(7-4-8-15)11-19(3)13(10-16)9-14(20)17-12-5-6-12/h12-13H,4-11,16H2,1-3H3,(H,17,20). The number of rotatable bonds is 8. The summed E-state index contributed by atoms with van der Waals surface area (Å²) in [6.07, 6.45) is 6.59. The highest BCUT2D eigenvalue weighted by atomic mass is 16.1. The first-order valence-corrected chi connectivity index (χ1v) is 7.84. The fourth-order valence-electron chi connectivity index (χ4n) is 3.07. The first-order chi connectivity index (χ1) is 9.47. The highest BCUT2D eigenvalue weighted by Gasteiger charge is 2.40. The number of nitrogens with zero attached hydrogens (tertiary/aromatic N) is 2. The third kappa shape index (κ3) is 3.71. The number of nitrogens with one attached hydrogen (secondary N) is 1. The second-order valence-electron chi connectivity index (χ2n) is 6.82. The molecule has 2 fully saturated rings. The van der Waals surface area contributed by atoms with Crippen LogP contribution in [0.4, 0.5) is 0 Å². The van der Waals surface area contributed by atoms with E-state index in [9.17, 15) is 4.79 Å². The Labute approximate surface area is 122 Å². The van der Waals surface area contributed by atoms with E-state index in [1.54, 1.807) is 0 Å². The van der Waals surface area contributed by atoms with Crippen molar-refractivity contribution in [2.75, 3.05) is 34.2 Å². The molecule has 0 aromatic carbocycles. The van der Waals surface area contributed by atoms with E-state index in [2.05, 4.69) is 36.3 Å². The van der Waals surface area contributed by atoms with Crippen LogP contribution >= 0.6 is 0 Å². The summed E-state index contributed by atoms with van der Waals surface area (Å²) in [5.74, 6) is 0.155. The zero-order chi connectivity index (χ0) is 14.8. The molecular formula is C15H30N4O. The van der Waals surface area contributed by atoms with Gasteiger partial charge in [0.15, 0.2) is 0 Å². The maximum Gasteiger partial charge on any atom is 0.221 e. The Kier molecular flexibility index (Phi) is 5.04. The van der Waals surface area contributed by atoms with Gasteiger partial charge in [-0.1, -0.05) is 0 Å². The summed E-state index contributed by atoms with van der Waals surface area (Å²) >= 11 is 0. The van der Waals surface area contributed by atoms with Gasteiger partial charge in [-0.05, 0) is 53.2 Å². The molecule has 3 N–H and O–H groups in total. The van der Waals surface area contributed by atoms with Crippen molar-refractivity contribution in [3.05, 3.63) is 0 Å². The Hall–Kier alpha value is -0.650. The summed E-state index contributed by atoms with van der Waals surface area (Å²) < 4.78 is 0. The molecule has 1 amide bonds. The van der Waals surface area contributed by atoms with Gasteiger partial charge in [-0.15, -0.1) is 0 Å². The largest absolute Gasteiger partial charge is 0.353 e. The van der Waals surface area contributed by atoms with Crippen LogP contribution in [0.5, 0.6) is 0 Å². The van der Waals surface area contributed by atoms with Crippen molar-refractivity contribution >= 4 is 5.91 Å². The van der Waals surface area contributed by atoms with E-state index in [1.165, 1.54) is 19.3 Å². The minimum Gasteiger partial charge on any atom is -0.353 e. The molecule has 1 unspecified atom stereocenters. The normalized spacial score (nSPS) is 22.7. The molecule has 116 valence electrons. The predicted octanol–water partition coefficient (Wildman–Crippen LogP) is 0.399. The first kappa shape index (κ1) is 15.7. The Balaban J connectivity index is 1.84. The molecule has 5 nitrogen and oxygen atoms in total. The van der Waals surface area contributed by atoms with Crippen LogP contribution in [0, 0.1) is 0 Å². The van der Waals surface area contributed by atoms with E-state index in [1.807, 2.05) is 0 Å². The molecule has 2 aliphatic rings. The molecule has 0 saturated heterocycles. The molecule has 2 aliphatic carbocycles. The van der Waals surface area contributed by atoms with Crippen molar-refractivity contribution < 1.29 is 4.79 Å². The molecule has 0 radical (unpaired) electrons. The summed E-state index contributed by atoms with van der Waals surface area (Å²) in [7, 11) is 6.42. The Morgan fingerprint density at radius 2 is 2.00 bits per heavy atom. The molecule has 20 heavy (non-hydrogen) atoms. The number of hydrogen-bond donors (Lipinski definition) is 2. The zero-order valence-electron chi connectivity index (χ0n) is 13.2. The summed E-state index contributed by atoms with van der Waals surface area (Å²) in [6, 6.07) is 0.581. The van der Waals surface area contributed by atoms with Gasteiger partial charge < -0.3 is 16.0 Å². The monoisotopic (exact) mass is 282 g/mol. The first-order valence-electron chi connectivity index (χ1n) is 7.84. The van der Waals surface area contributed by atoms with E-state index in [0.717, 1.165) is 19.4 Å². The van der Waals surface area contributed by atoms with Crippen molar-refractivity contribution in [1.82, 2.24) is 15.1 Å². The third-order valence-electron chi connectivity index (χ3n) is 5.04. The van der Waals surface area contributed by atoms with Gasteiger partial charge in [-0.3, -0.25) is 9.69 Å². The molecule has 0 bridgehead atoms. The van der Waals surface area contributed by atoms with Crippen LogP contribution in [0.25, 0.3) is 0 Å². The van der Waals surface area contributed by atoms with Crippen LogP contribution in [0.1, 0.15) is 38.5 Å². The Morgan fingerprint density at radius 1 is 1.35 bits per heavy atom. The van der Waals surface area contributed by atoms with Crippen molar-refractivity contribution in [3.63, 3.8) is 0 Å². The topological polar surface area (TPSA) is 61.6 Å². The van der Waals surface area contributed by atoms with E-state index in [0.29, 0.717) is 19.0 Å². The number of carbonyl (C=O) groups excluding carboxylic acids is 1. The predicted molar refractivity (Wildman–Crippen MR) is 81.5 cm³/mol. The van der Waals surface area contributed by atoms with Crippen LogP contribution in [0.15, 0.2) is 0 Å². The van der Waals surface area contributed by atoms with Crippen molar-refractivity contribution in [3.8, 4) is 0 Å². The van der Waals surface area contributed by atoms with E-state index >= 15 is 0 Å².